The zero-order valence-electron chi connectivity index (χ0n) is 9.04. The van der Waals surface area contributed by atoms with Gasteiger partial charge < -0.3 is 0 Å². The number of benzene rings is 2. The molecule has 0 radical (unpaired) electrons. The SMILES string of the molecule is Fc1cccc(Sc2ccccc2)c1C(F)(F)F. The molecule has 2 rings (SSSR count). The Balaban J connectivity index is 2.43. The fourth-order valence-corrected chi connectivity index (χ4v) is 2.49. The molecule has 2 aromatic rings. The summed E-state index contributed by atoms with van der Waals surface area (Å²) in [6.07, 6.45) is -4.69. The molecule has 0 unspecified atom stereocenters. The minimum Gasteiger partial charge on any atom is -0.206 e. The Morgan fingerprint density at radius 2 is 1.50 bits per heavy atom. The zero-order chi connectivity index (χ0) is 13.2. The third-order valence-corrected chi connectivity index (χ3v) is 3.30. The summed E-state index contributed by atoms with van der Waals surface area (Å²) in [5.41, 5.74) is -1.21. The van der Waals surface area contributed by atoms with Crippen molar-refractivity contribution in [3.63, 3.8) is 0 Å². The van der Waals surface area contributed by atoms with Crippen molar-refractivity contribution >= 4 is 11.8 Å². The Kier molecular flexibility index (Phi) is 3.61. The molecule has 0 amide bonds. The van der Waals surface area contributed by atoms with Crippen LogP contribution in [0, 0.1) is 5.82 Å². The maximum atomic E-state index is 13.3. The second-order valence-corrected chi connectivity index (χ2v) is 4.64. The first-order valence-electron chi connectivity index (χ1n) is 5.07. The van der Waals surface area contributed by atoms with Crippen LogP contribution in [0.5, 0.6) is 0 Å². The highest BCUT2D eigenvalue weighted by Crippen LogP contribution is 2.40. The van der Waals surface area contributed by atoms with Crippen LogP contribution in [0.4, 0.5) is 17.6 Å². The summed E-state index contributed by atoms with van der Waals surface area (Å²) in [7, 11) is 0. The van der Waals surface area contributed by atoms with E-state index < -0.39 is 17.6 Å². The van der Waals surface area contributed by atoms with E-state index in [1.807, 2.05) is 0 Å². The second-order valence-electron chi connectivity index (χ2n) is 3.53. The van der Waals surface area contributed by atoms with E-state index in [1.54, 1.807) is 30.3 Å². The third-order valence-electron chi connectivity index (χ3n) is 2.23. The molecule has 0 atom stereocenters. The van der Waals surface area contributed by atoms with Crippen molar-refractivity contribution in [3.8, 4) is 0 Å². The lowest BCUT2D eigenvalue weighted by Crippen LogP contribution is -2.09. The van der Waals surface area contributed by atoms with E-state index >= 15 is 0 Å². The number of hydrogen-bond donors (Lipinski definition) is 0. The highest BCUT2D eigenvalue weighted by Gasteiger charge is 2.36. The van der Waals surface area contributed by atoms with Crippen LogP contribution in [-0.4, -0.2) is 0 Å². The summed E-state index contributed by atoms with van der Waals surface area (Å²) < 4.78 is 51.6. The van der Waals surface area contributed by atoms with E-state index in [1.165, 1.54) is 12.1 Å². The molecular formula is C13H8F4S. The van der Waals surface area contributed by atoms with E-state index in [4.69, 9.17) is 0 Å². The molecule has 0 aliphatic carbocycles. The highest BCUT2D eigenvalue weighted by molar-refractivity contribution is 7.99. The minimum atomic E-state index is -4.69. The Labute approximate surface area is 106 Å². The summed E-state index contributed by atoms with van der Waals surface area (Å²) in [6.45, 7) is 0. The topological polar surface area (TPSA) is 0 Å². The molecule has 0 bridgehead atoms. The summed E-state index contributed by atoms with van der Waals surface area (Å²) in [5.74, 6) is -1.25. The van der Waals surface area contributed by atoms with Gasteiger partial charge in [-0.1, -0.05) is 36.0 Å². The van der Waals surface area contributed by atoms with Gasteiger partial charge in [0.1, 0.15) is 11.4 Å². The van der Waals surface area contributed by atoms with E-state index in [0.717, 1.165) is 17.8 Å². The van der Waals surface area contributed by atoms with Gasteiger partial charge in [0.2, 0.25) is 0 Å². The minimum absolute atomic E-state index is 0.131. The highest BCUT2D eigenvalue weighted by atomic mass is 32.2. The van der Waals surface area contributed by atoms with Crippen LogP contribution in [0.15, 0.2) is 58.3 Å². The lowest BCUT2D eigenvalue weighted by atomic mass is 10.2. The molecule has 0 aliphatic heterocycles. The molecule has 2 aromatic carbocycles. The van der Waals surface area contributed by atoms with Crippen LogP contribution in [0.1, 0.15) is 5.56 Å². The van der Waals surface area contributed by atoms with Gasteiger partial charge in [-0.25, -0.2) is 4.39 Å². The molecule has 0 N–H and O–H groups in total. The fourth-order valence-electron chi connectivity index (χ4n) is 1.48. The molecular weight excluding hydrogens is 264 g/mol. The second kappa shape index (κ2) is 5.02. The zero-order valence-corrected chi connectivity index (χ0v) is 9.86. The average molecular weight is 272 g/mol. The molecule has 0 heterocycles. The summed E-state index contributed by atoms with van der Waals surface area (Å²) in [5, 5.41) is 0. The number of rotatable bonds is 2. The Hall–Kier alpha value is -1.49. The van der Waals surface area contributed by atoms with Crippen LogP contribution in [0.3, 0.4) is 0 Å². The smallest absolute Gasteiger partial charge is 0.206 e. The first kappa shape index (κ1) is 13.0. The van der Waals surface area contributed by atoms with Gasteiger partial charge in [-0.15, -0.1) is 0 Å². The summed E-state index contributed by atoms with van der Waals surface area (Å²) in [4.78, 5) is 0.502. The molecule has 0 aliphatic rings. The number of hydrogen-bond acceptors (Lipinski definition) is 1. The normalized spacial score (nSPS) is 11.6. The van der Waals surface area contributed by atoms with Crippen molar-refractivity contribution in [3.05, 3.63) is 59.9 Å². The lowest BCUT2D eigenvalue weighted by Gasteiger charge is -2.13. The Morgan fingerprint density at radius 1 is 0.833 bits per heavy atom. The van der Waals surface area contributed by atoms with Crippen LogP contribution in [-0.2, 0) is 6.18 Å². The largest absolute Gasteiger partial charge is 0.420 e. The van der Waals surface area contributed by atoms with Crippen molar-refractivity contribution < 1.29 is 17.6 Å². The molecule has 0 nitrogen and oxygen atoms in total. The van der Waals surface area contributed by atoms with Crippen LogP contribution in [0.2, 0.25) is 0 Å². The van der Waals surface area contributed by atoms with Crippen LogP contribution >= 0.6 is 11.8 Å². The molecule has 0 saturated heterocycles. The Morgan fingerprint density at radius 3 is 2.11 bits per heavy atom. The van der Waals surface area contributed by atoms with Gasteiger partial charge in [-0.3, -0.25) is 0 Å². The first-order chi connectivity index (χ1) is 8.48. The molecule has 0 saturated carbocycles. The van der Waals surface area contributed by atoms with Gasteiger partial charge in [0.15, 0.2) is 0 Å². The summed E-state index contributed by atoms with van der Waals surface area (Å²) in [6, 6.07) is 11.9. The number of halogens is 4. The van der Waals surface area contributed by atoms with E-state index in [-0.39, 0.29) is 4.90 Å². The molecule has 94 valence electrons. The predicted octanol–water partition coefficient (Wildman–Crippen LogP) is 5.00. The van der Waals surface area contributed by atoms with Crippen molar-refractivity contribution in [1.29, 1.82) is 0 Å². The molecule has 0 aromatic heterocycles. The van der Waals surface area contributed by atoms with Gasteiger partial charge in [0, 0.05) is 9.79 Å². The van der Waals surface area contributed by atoms with Gasteiger partial charge in [0.05, 0.1) is 0 Å². The van der Waals surface area contributed by atoms with Gasteiger partial charge >= 0.3 is 6.18 Å². The molecule has 5 heteroatoms. The standard InChI is InChI=1S/C13H8F4S/c14-10-7-4-8-11(12(10)13(15,16)17)18-9-5-2-1-3-6-9/h1-8H. The van der Waals surface area contributed by atoms with Crippen LogP contribution in [0.25, 0.3) is 0 Å². The predicted molar refractivity (Wildman–Crippen MR) is 62.0 cm³/mol. The quantitative estimate of drug-likeness (QED) is 0.693. The Bertz CT molecular complexity index is 534. The fraction of sp³-hybridized carbons (Fsp3) is 0.0769. The first-order valence-corrected chi connectivity index (χ1v) is 5.89. The number of alkyl halides is 3. The lowest BCUT2D eigenvalue weighted by molar-refractivity contribution is -0.142. The van der Waals surface area contributed by atoms with E-state index in [9.17, 15) is 17.6 Å². The van der Waals surface area contributed by atoms with Crippen LogP contribution < -0.4 is 0 Å². The monoisotopic (exact) mass is 272 g/mol. The third kappa shape index (κ3) is 2.85. The molecule has 18 heavy (non-hydrogen) atoms. The molecule has 0 spiro atoms. The van der Waals surface area contributed by atoms with Crippen molar-refractivity contribution in [2.45, 2.75) is 16.0 Å². The summed E-state index contributed by atoms with van der Waals surface area (Å²) >= 11 is 0.895. The maximum absolute atomic E-state index is 13.3. The van der Waals surface area contributed by atoms with Crippen molar-refractivity contribution in [2.24, 2.45) is 0 Å². The van der Waals surface area contributed by atoms with Gasteiger partial charge in [-0.05, 0) is 24.3 Å². The average Bonchev–Trinajstić information content (AvgIpc) is 2.28. The van der Waals surface area contributed by atoms with E-state index in [2.05, 4.69) is 0 Å². The van der Waals surface area contributed by atoms with Crippen molar-refractivity contribution in [1.82, 2.24) is 0 Å². The van der Waals surface area contributed by atoms with Crippen molar-refractivity contribution in [2.75, 3.05) is 0 Å². The van der Waals surface area contributed by atoms with E-state index in [0.29, 0.717) is 4.90 Å². The van der Waals surface area contributed by atoms with Gasteiger partial charge in [0.25, 0.3) is 0 Å². The molecule has 0 fully saturated rings. The maximum Gasteiger partial charge on any atom is 0.420 e. The van der Waals surface area contributed by atoms with Gasteiger partial charge in [-0.2, -0.15) is 13.2 Å².